The second-order valence-corrected chi connectivity index (χ2v) is 13.7. The van der Waals surface area contributed by atoms with Gasteiger partial charge in [0.2, 0.25) is 0 Å². The third-order valence-electron chi connectivity index (χ3n) is 10.3. The largest absolute Gasteiger partial charge is 0.208 e. The summed E-state index contributed by atoms with van der Waals surface area (Å²) in [7, 11) is 0. The number of rotatable bonds is 6. The van der Waals surface area contributed by atoms with Crippen molar-refractivity contribution in [3.8, 4) is 67.5 Å². The highest BCUT2D eigenvalue weighted by Gasteiger charge is 2.15. The summed E-state index contributed by atoms with van der Waals surface area (Å²) in [5.41, 5.74) is 9.94. The van der Waals surface area contributed by atoms with E-state index in [4.69, 9.17) is 15.0 Å². The van der Waals surface area contributed by atoms with Crippen molar-refractivity contribution in [2.24, 2.45) is 0 Å². The fraction of sp³-hybridized carbons (Fsp3) is 0. The molecule has 0 fully saturated rings. The Kier molecular flexibility index (Phi) is 7.81. The summed E-state index contributed by atoms with van der Waals surface area (Å²) in [5.74, 6) is 1.91. The molecule has 0 aliphatic heterocycles. The van der Waals surface area contributed by atoms with Crippen molar-refractivity contribution in [3.63, 3.8) is 0 Å². The summed E-state index contributed by atoms with van der Waals surface area (Å²) in [4.78, 5) is 15.4. The maximum Gasteiger partial charge on any atom is 0.164 e. The molecule has 9 aromatic carbocycles. The average Bonchev–Trinajstić information content (AvgIpc) is 3.26. The minimum absolute atomic E-state index is 0.636. The number of hydrogen-bond donors (Lipinski definition) is 0. The van der Waals surface area contributed by atoms with Gasteiger partial charge in [-0.15, -0.1) is 0 Å². The minimum atomic E-state index is 0.636. The van der Waals surface area contributed by atoms with Gasteiger partial charge < -0.3 is 0 Å². The topological polar surface area (TPSA) is 38.7 Å². The van der Waals surface area contributed by atoms with E-state index in [1.54, 1.807) is 0 Å². The van der Waals surface area contributed by atoms with Crippen LogP contribution in [0.3, 0.4) is 0 Å². The van der Waals surface area contributed by atoms with E-state index in [0.29, 0.717) is 17.5 Å². The highest BCUT2D eigenvalue weighted by Crippen LogP contribution is 2.34. The number of aromatic nitrogens is 3. The van der Waals surface area contributed by atoms with E-state index in [1.807, 2.05) is 12.1 Å². The van der Waals surface area contributed by atoms with Crippen molar-refractivity contribution in [2.75, 3.05) is 0 Å². The number of hydrogen-bond acceptors (Lipinski definition) is 3. The SMILES string of the molecule is c1ccc(-c2ccc3cc(-c4nc(-c5ccc(-c6cccc7ccccc67)cc5)nc(-c5ccc6ccc(-c7ccccc7)cc6c5)n4)ccc3c2)cc1. The molecule has 3 nitrogen and oxygen atoms in total. The lowest BCUT2D eigenvalue weighted by molar-refractivity contribution is 1.08. The van der Waals surface area contributed by atoms with Crippen LogP contribution in [0.15, 0.2) is 200 Å². The van der Waals surface area contributed by atoms with Gasteiger partial charge >= 0.3 is 0 Å². The van der Waals surface area contributed by atoms with Crippen LogP contribution in [-0.4, -0.2) is 15.0 Å². The van der Waals surface area contributed by atoms with Crippen LogP contribution in [0.1, 0.15) is 0 Å². The Bertz CT molecular complexity index is 2970. The Hall–Kier alpha value is -7.23. The number of nitrogens with zero attached hydrogens (tertiary/aromatic N) is 3. The van der Waals surface area contributed by atoms with Gasteiger partial charge in [0.25, 0.3) is 0 Å². The van der Waals surface area contributed by atoms with Crippen LogP contribution in [-0.2, 0) is 0 Å². The molecule has 10 aromatic rings. The van der Waals surface area contributed by atoms with Gasteiger partial charge in [0.15, 0.2) is 17.5 Å². The molecule has 0 amide bonds. The third-order valence-corrected chi connectivity index (χ3v) is 10.3. The molecule has 0 aliphatic rings. The Morgan fingerprint density at radius 2 is 0.648 bits per heavy atom. The summed E-state index contributed by atoms with van der Waals surface area (Å²) in [6.45, 7) is 0. The fourth-order valence-corrected chi connectivity index (χ4v) is 7.43. The summed E-state index contributed by atoms with van der Waals surface area (Å²) in [6.07, 6.45) is 0. The van der Waals surface area contributed by atoms with Crippen molar-refractivity contribution in [1.82, 2.24) is 15.0 Å². The van der Waals surface area contributed by atoms with Gasteiger partial charge in [0, 0.05) is 16.7 Å². The molecule has 0 spiro atoms. The van der Waals surface area contributed by atoms with Crippen LogP contribution in [0.5, 0.6) is 0 Å². The van der Waals surface area contributed by atoms with E-state index >= 15 is 0 Å². The second kappa shape index (κ2) is 13.4. The van der Waals surface area contributed by atoms with Gasteiger partial charge in [-0.1, -0.05) is 176 Å². The van der Waals surface area contributed by atoms with E-state index in [-0.39, 0.29) is 0 Å². The quantitative estimate of drug-likeness (QED) is 0.175. The summed E-state index contributed by atoms with van der Waals surface area (Å²) in [5, 5.41) is 7.06. The normalized spacial score (nSPS) is 11.3. The Morgan fingerprint density at radius 1 is 0.222 bits per heavy atom. The van der Waals surface area contributed by atoms with Gasteiger partial charge in [-0.05, 0) is 90.0 Å². The first kappa shape index (κ1) is 31.5. The highest BCUT2D eigenvalue weighted by molar-refractivity contribution is 5.97. The molecule has 1 aromatic heterocycles. The Labute approximate surface area is 313 Å². The molecule has 0 saturated carbocycles. The van der Waals surface area contributed by atoms with E-state index in [9.17, 15) is 0 Å². The predicted octanol–water partition coefficient (Wildman–Crippen LogP) is 13.3. The maximum absolute atomic E-state index is 5.14. The molecule has 0 saturated heterocycles. The lowest BCUT2D eigenvalue weighted by atomic mass is 9.97. The molecular weight excluding hydrogens is 655 g/mol. The van der Waals surface area contributed by atoms with Gasteiger partial charge in [-0.25, -0.2) is 15.0 Å². The molecule has 54 heavy (non-hydrogen) atoms. The molecule has 252 valence electrons. The fourth-order valence-electron chi connectivity index (χ4n) is 7.43. The molecule has 0 N–H and O–H groups in total. The number of benzene rings is 9. The van der Waals surface area contributed by atoms with Gasteiger partial charge in [0.1, 0.15) is 0 Å². The lowest BCUT2D eigenvalue weighted by Gasteiger charge is -2.11. The van der Waals surface area contributed by atoms with Gasteiger partial charge in [-0.2, -0.15) is 0 Å². The summed E-state index contributed by atoms with van der Waals surface area (Å²) >= 11 is 0. The standard InChI is InChI=1S/C51H33N3/c1-3-10-34(11-4-1)40-25-26-43-31-44(29-27-42(43)30-40)50-52-49(39-22-20-38(21-23-39)48-17-9-15-37-14-7-8-16-47(37)48)53-51(54-50)45-28-19-36-18-24-41(32-46(36)33-45)35-12-5-2-6-13-35/h1-33H. The van der Waals surface area contributed by atoms with Crippen LogP contribution in [0.4, 0.5) is 0 Å². The average molecular weight is 688 g/mol. The van der Waals surface area contributed by atoms with Gasteiger partial charge in [-0.3, -0.25) is 0 Å². The summed E-state index contributed by atoms with van der Waals surface area (Å²) < 4.78 is 0. The molecular formula is C51H33N3. The summed E-state index contributed by atoms with van der Waals surface area (Å²) in [6, 6.07) is 70.7. The number of fused-ring (bicyclic) bond motifs is 3. The van der Waals surface area contributed by atoms with Crippen molar-refractivity contribution in [1.29, 1.82) is 0 Å². The first-order valence-electron chi connectivity index (χ1n) is 18.3. The molecule has 0 atom stereocenters. The maximum atomic E-state index is 5.14. The molecule has 0 aliphatic carbocycles. The van der Waals surface area contributed by atoms with E-state index < -0.39 is 0 Å². The smallest absolute Gasteiger partial charge is 0.164 e. The predicted molar refractivity (Wildman–Crippen MR) is 225 cm³/mol. The van der Waals surface area contributed by atoms with E-state index in [1.165, 1.54) is 49.4 Å². The zero-order chi connectivity index (χ0) is 35.8. The van der Waals surface area contributed by atoms with Crippen molar-refractivity contribution in [3.05, 3.63) is 200 Å². The molecule has 1 heterocycles. The molecule has 0 bridgehead atoms. The minimum Gasteiger partial charge on any atom is -0.208 e. The molecule has 0 unspecified atom stereocenters. The second-order valence-electron chi connectivity index (χ2n) is 13.7. The first-order chi connectivity index (χ1) is 26.7. The zero-order valence-corrected chi connectivity index (χ0v) is 29.4. The zero-order valence-electron chi connectivity index (χ0n) is 29.4. The molecule has 0 radical (unpaired) electrons. The highest BCUT2D eigenvalue weighted by atomic mass is 15.0. The van der Waals surface area contributed by atoms with Crippen molar-refractivity contribution < 1.29 is 0 Å². The van der Waals surface area contributed by atoms with Crippen LogP contribution in [0.25, 0.3) is 99.9 Å². The lowest BCUT2D eigenvalue weighted by Crippen LogP contribution is -2.00. The Morgan fingerprint density at radius 3 is 1.28 bits per heavy atom. The van der Waals surface area contributed by atoms with Crippen molar-refractivity contribution >= 4 is 32.3 Å². The van der Waals surface area contributed by atoms with Crippen LogP contribution in [0, 0.1) is 0 Å². The van der Waals surface area contributed by atoms with Crippen LogP contribution < -0.4 is 0 Å². The monoisotopic (exact) mass is 687 g/mol. The third kappa shape index (κ3) is 5.98. The van der Waals surface area contributed by atoms with E-state index in [2.05, 4.69) is 188 Å². The van der Waals surface area contributed by atoms with Crippen LogP contribution in [0.2, 0.25) is 0 Å². The van der Waals surface area contributed by atoms with Gasteiger partial charge in [0.05, 0.1) is 0 Å². The van der Waals surface area contributed by atoms with Crippen LogP contribution >= 0.6 is 0 Å². The first-order valence-corrected chi connectivity index (χ1v) is 18.3. The Balaban J connectivity index is 1.09. The van der Waals surface area contributed by atoms with E-state index in [0.717, 1.165) is 33.0 Å². The van der Waals surface area contributed by atoms with Crippen molar-refractivity contribution in [2.45, 2.75) is 0 Å². The molecule has 3 heteroatoms. The molecule has 10 rings (SSSR count).